The van der Waals surface area contributed by atoms with Crippen LogP contribution in [0.25, 0.3) is 16.9 Å². The van der Waals surface area contributed by atoms with Crippen molar-refractivity contribution in [2.75, 3.05) is 0 Å². The summed E-state index contributed by atoms with van der Waals surface area (Å²) in [6.45, 7) is 2.56. The fourth-order valence-electron chi connectivity index (χ4n) is 3.31. The van der Waals surface area contributed by atoms with Crippen molar-refractivity contribution in [1.82, 2.24) is 24.9 Å². The van der Waals surface area contributed by atoms with Gasteiger partial charge in [0.15, 0.2) is 0 Å². The Bertz CT molecular complexity index is 1280. The van der Waals surface area contributed by atoms with Crippen LogP contribution >= 0.6 is 0 Å². The van der Waals surface area contributed by atoms with Gasteiger partial charge >= 0.3 is 0 Å². The molecule has 1 N–H and O–H groups in total. The highest BCUT2D eigenvalue weighted by molar-refractivity contribution is 5.92. The highest BCUT2D eigenvalue weighted by Gasteiger charge is 2.15. The molecule has 8 heteroatoms. The Balaban J connectivity index is 1.62. The number of hydrogen-bond donors (Lipinski definition) is 1. The number of halogens is 1. The smallest absolute Gasteiger partial charge is 0.271 e. The molecule has 0 bridgehead atoms. The number of nitrogens with one attached hydrogen (secondary N) is 1. The predicted octanol–water partition coefficient (Wildman–Crippen LogP) is 3.58. The minimum Gasteiger partial charge on any atom is -0.346 e. The highest BCUT2D eigenvalue weighted by atomic mass is 19.1. The number of carbonyl (C=O) groups is 1. The van der Waals surface area contributed by atoms with Crippen LogP contribution in [0.2, 0.25) is 0 Å². The largest absolute Gasteiger partial charge is 0.346 e. The van der Waals surface area contributed by atoms with Crippen LogP contribution in [0.5, 0.6) is 0 Å². The summed E-state index contributed by atoms with van der Waals surface area (Å²) in [6.07, 6.45) is 2.57. The van der Waals surface area contributed by atoms with Crippen LogP contribution in [0.15, 0.2) is 77.7 Å². The highest BCUT2D eigenvalue weighted by Crippen LogP contribution is 2.24. The fraction of sp³-hybridized carbons (Fsp3) is 0.167. The maximum absolute atomic E-state index is 13.4. The zero-order valence-corrected chi connectivity index (χ0v) is 17.5. The number of rotatable bonds is 7. The second kappa shape index (κ2) is 9.38. The molecule has 162 valence electrons. The van der Waals surface area contributed by atoms with Gasteiger partial charge in [0.2, 0.25) is 0 Å². The number of benzene rings is 2. The first kappa shape index (κ1) is 21.2. The Morgan fingerprint density at radius 2 is 1.75 bits per heavy atom. The molecule has 2 aromatic carbocycles. The third-order valence-electron chi connectivity index (χ3n) is 4.90. The number of para-hydroxylation sites is 1. The summed E-state index contributed by atoms with van der Waals surface area (Å²) in [5.74, 6) is -0.730. The first-order chi connectivity index (χ1) is 15.5. The summed E-state index contributed by atoms with van der Waals surface area (Å²) in [7, 11) is 0. The van der Waals surface area contributed by atoms with Crippen molar-refractivity contribution in [2.45, 2.75) is 26.4 Å². The van der Waals surface area contributed by atoms with E-state index in [4.69, 9.17) is 0 Å². The van der Waals surface area contributed by atoms with Crippen molar-refractivity contribution in [3.63, 3.8) is 0 Å². The van der Waals surface area contributed by atoms with E-state index in [-0.39, 0.29) is 23.6 Å². The summed E-state index contributed by atoms with van der Waals surface area (Å²) < 4.78 is 16.4. The third-order valence-corrected chi connectivity index (χ3v) is 4.90. The minimum absolute atomic E-state index is 0.164. The molecule has 0 saturated carbocycles. The number of aromatic nitrogens is 4. The normalized spacial score (nSPS) is 10.8. The lowest BCUT2D eigenvalue weighted by Crippen LogP contribution is -2.29. The summed E-state index contributed by atoms with van der Waals surface area (Å²) in [4.78, 5) is 24.5. The third kappa shape index (κ3) is 4.64. The molecule has 0 fully saturated rings. The molecule has 2 heterocycles. The molecule has 0 aliphatic carbocycles. The van der Waals surface area contributed by atoms with E-state index in [0.29, 0.717) is 12.2 Å². The molecule has 0 aliphatic rings. The second-order valence-electron chi connectivity index (χ2n) is 7.25. The molecule has 4 rings (SSSR count). The van der Waals surface area contributed by atoms with E-state index in [9.17, 15) is 14.0 Å². The number of amides is 1. The van der Waals surface area contributed by atoms with Gasteiger partial charge in [-0.25, -0.2) is 13.8 Å². The van der Waals surface area contributed by atoms with Crippen LogP contribution in [0.3, 0.4) is 0 Å². The van der Waals surface area contributed by atoms with Crippen LogP contribution in [-0.2, 0) is 13.1 Å². The van der Waals surface area contributed by atoms with Crippen LogP contribution in [-0.4, -0.2) is 25.5 Å². The number of hydrogen-bond acceptors (Lipinski definition) is 4. The molecule has 7 nitrogen and oxygen atoms in total. The van der Waals surface area contributed by atoms with Crippen LogP contribution in [0.1, 0.15) is 29.4 Å². The molecule has 4 aromatic rings. The predicted molar refractivity (Wildman–Crippen MR) is 119 cm³/mol. The molecule has 0 spiro atoms. The molecule has 0 aliphatic heterocycles. The van der Waals surface area contributed by atoms with Crippen molar-refractivity contribution in [2.24, 2.45) is 0 Å². The summed E-state index contributed by atoms with van der Waals surface area (Å²) in [5.41, 5.74) is 2.92. The van der Waals surface area contributed by atoms with Crippen molar-refractivity contribution >= 4 is 5.91 Å². The van der Waals surface area contributed by atoms with Gasteiger partial charge < -0.3 is 5.32 Å². The molecular weight excluding hydrogens is 409 g/mol. The molecule has 0 radical (unpaired) electrons. The van der Waals surface area contributed by atoms with E-state index in [1.54, 1.807) is 16.8 Å². The van der Waals surface area contributed by atoms with Gasteiger partial charge in [0, 0.05) is 36.5 Å². The Kier molecular flexibility index (Phi) is 6.21. The van der Waals surface area contributed by atoms with E-state index in [0.717, 1.165) is 23.2 Å². The Hall–Kier alpha value is -4.07. The SMILES string of the molecule is CCCn1nc(C(=O)NCc2cn(-c3ccccc3)nc2-c2ccc(F)cc2)ccc1=O. The van der Waals surface area contributed by atoms with Crippen LogP contribution < -0.4 is 10.9 Å². The van der Waals surface area contributed by atoms with Crippen LogP contribution in [0.4, 0.5) is 4.39 Å². The first-order valence-corrected chi connectivity index (χ1v) is 10.3. The van der Waals surface area contributed by atoms with Gasteiger partial charge in [-0.15, -0.1) is 0 Å². The lowest BCUT2D eigenvalue weighted by atomic mass is 10.1. The van der Waals surface area contributed by atoms with Crippen molar-refractivity contribution in [1.29, 1.82) is 0 Å². The first-order valence-electron chi connectivity index (χ1n) is 10.3. The molecule has 0 unspecified atom stereocenters. The van der Waals surface area contributed by atoms with Gasteiger partial charge in [0.25, 0.3) is 11.5 Å². The fourth-order valence-corrected chi connectivity index (χ4v) is 3.31. The Morgan fingerprint density at radius 1 is 1.00 bits per heavy atom. The Morgan fingerprint density at radius 3 is 2.47 bits per heavy atom. The van der Waals surface area contributed by atoms with Gasteiger partial charge in [0.1, 0.15) is 11.5 Å². The standard InChI is InChI=1S/C24H22FN5O2/c1-2-14-29-22(31)13-12-21(27-29)24(32)26-15-18-16-30(20-6-4-3-5-7-20)28-23(18)17-8-10-19(25)11-9-17/h3-13,16H,2,14-15H2,1H3,(H,26,32). The monoisotopic (exact) mass is 431 g/mol. The average molecular weight is 431 g/mol. The summed E-state index contributed by atoms with van der Waals surface area (Å²) in [5, 5.41) is 11.7. The van der Waals surface area contributed by atoms with E-state index in [2.05, 4.69) is 15.5 Å². The van der Waals surface area contributed by atoms with Crippen molar-refractivity contribution < 1.29 is 9.18 Å². The topological polar surface area (TPSA) is 81.8 Å². The van der Waals surface area contributed by atoms with E-state index in [1.807, 2.05) is 43.5 Å². The summed E-state index contributed by atoms with van der Waals surface area (Å²) in [6, 6.07) is 18.4. The number of aryl methyl sites for hydroxylation is 1. The molecular formula is C24H22FN5O2. The zero-order chi connectivity index (χ0) is 22.5. The minimum atomic E-state index is -0.396. The van der Waals surface area contributed by atoms with E-state index in [1.165, 1.54) is 28.9 Å². The van der Waals surface area contributed by atoms with E-state index < -0.39 is 5.91 Å². The molecule has 0 atom stereocenters. The molecule has 32 heavy (non-hydrogen) atoms. The van der Waals surface area contributed by atoms with Crippen LogP contribution in [0, 0.1) is 5.82 Å². The molecule has 0 saturated heterocycles. The van der Waals surface area contributed by atoms with Crippen molar-refractivity contribution in [3.05, 3.63) is 100 Å². The number of carbonyl (C=O) groups excluding carboxylic acids is 1. The second-order valence-corrected chi connectivity index (χ2v) is 7.25. The maximum atomic E-state index is 13.4. The van der Waals surface area contributed by atoms with Crippen molar-refractivity contribution in [3.8, 4) is 16.9 Å². The Labute approximate surface area is 184 Å². The number of nitrogens with zero attached hydrogens (tertiary/aromatic N) is 4. The summed E-state index contributed by atoms with van der Waals surface area (Å²) >= 11 is 0. The van der Waals surface area contributed by atoms with Gasteiger partial charge in [0.05, 0.1) is 11.4 Å². The molecule has 1 amide bonds. The van der Waals surface area contributed by atoms with Gasteiger partial charge in [-0.05, 0) is 48.9 Å². The maximum Gasteiger partial charge on any atom is 0.271 e. The van der Waals surface area contributed by atoms with Gasteiger partial charge in [-0.3, -0.25) is 9.59 Å². The lowest BCUT2D eigenvalue weighted by molar-refractivity contribution is 0.0943. The van der Waals surface area contributed by atoms with Gasteiger partial charge in [-0.2, -0.15) is 10.2 Å². The lowest BCUT2D eigenvalue weighted by Gasteiger charge is -2.07. The zero-order valence-electron chi connectivity index (χ0n) is 17.5. The average Bonchev–Trinajstić information content (AvgIpc) is 3.24. The molecule has 2 aromatic heterocycles. The van der Waals surface area contributed by atoms with E-state index >= 15 is 0 Å². The quantitative estimate of drug-likeness (QED) is 0.485. The van der Waals surface area contributed by atoms with Gasteiger partial charge in [-0.1, -0.05) is 25.1 Å².